The van der Waals surface area contributed by atoms with Crippen molar-refractivity contribution >= 4 is 5.91 Å². The monoisotopic (exact) mass is 329 g/mol. The van der Waals surface area contributed by atoms with Gasteiger partial charge in [0.05, 0.1) is 30.5 Å². The second kappa shape index (κ2) is 5.94. The number of ether oxygens (including phenoxy) is 1. The van der Waals surface area contributed by atoms with Gasteiger partial charge in [0, 0.05) is 32.1 Å². The van der Waals surface area contributed by atoms with Crippen molar-refractivity contribution < 1.29 is 13.9 Å². The van der Waals surface area contributed by atoms with Crippen LogP contribution in [-0.2, 0) is 11.2 Å². The lowest BCUT2D eigenvalue weighted by Gasteiger charge is -2.18. The quantitative estimate of drug-likeness (QED) is 0.827. The van der Waals surface area contributed by atoms with Gasteiger partial charge in [-0.2, -0.15) is 0 Å². The Hall–Kier alpha value is -2.35. The molecule has 2 aliphatic heterocycles. The molecule has 2 aliphatic rings. The number of nitrogens with zero attached hydrogens (tertiary/aromatic N) is 5. The van der Waals surface area contributed by atoms with E-state index in [9.17, 15) is 4.79 Å². The largest absolute Gasteiger partial charge is 0.426 e. The van der Waals surface area contributed by atoms with Crippen LogP contribution in [0.5, 0.6) is 0 Å². The van der Waals surface area contributed by atoms with Crippen LogP contribution in [0.25, 0.3) is 0 Å². The molecule has 24 heavy (non-hydrogen) atoms. The number of rotatable bonds is 3. The summed E-state index contributed by atoms with van der Waals surface area (Å²) in [4.78, 5) is 22.6. The van der Waals surface area contributed by atoms with Crippen molar-refractivity contribution in [3.63, 3.8) is 0 Å². The second-order valence-electron chi connectivity index (χ2n) is 6.46. The van der Waals surface area contributed by atoms with Gasteiger partial charge in [0.25, 0.3) is 5.91 Å². The molecular formula is C16H19N5O3. The lowest BCUT2D eigenvalue weighted by atomic mass is 10.0. The fourth-order valence-corrected chi connectivity index (χ4v) is 3.44. The molecule has 2 saturated heterocycles. The molecule has 126 valence electrons. The van der Waals surface area contributed by atoms with Crippen LogP contribution in [0, 0.1) is 19.8 Å². The van der Waals surface area contributed by atoms with Gasteiger partial charge in [-0.05, 0) is 13.3 Å². The molecule has 2 aromatic heterocycles. The average molecular weight is 329 g/mol. The maximum absolute atomic E-state index is 12.5. The summed E-state index contributed by atoms with van der Waals surface area (Å²) >= 11 is 0. The van der Waals surface area contributed by atoms with Crippen molar-refractivity contribution in [1.29, 1.82) is 0 Å². The smallest absolute Gasteiger partial charge is 0.274 e. The first kappa shape index (κ1) is 15.2. The third kappa shape index (κ3) is 2.89. The van der Waals surface area contributed by atoms with E-state index in [1.165, 1.54) is 6.20 Å². The molecule has 0 bridgehead atoms. The number of fused-ring (bicyclic) bond motifs is 1. The first-order valence-electron chi connectivity index (χ1n) is 8.11. The molecule has 2 fully saturated rings. The zero-order valence-electron chi connectivity index (χ0n) is 13.7. The minimum atomic E-state index is -0.0791. The predicted molar refractivity (Wildman–Crippen MR) is 82.2 cm³/mol. The first-order valence-corrected chi connectivity index (χ1v) is 8.11. The molecule has 4 heterocycles. The Morgan fingerprint density at radius 1 is 1.25 bits per heavy atom. The highest BCUT2D eigenvalue weighted by Crippen LogP contribution is 2.34. The highest BCUT2D eigenvalue weighted by molar-refractivity contribution is 5.92. The molecule has 2 aromatic rings. The Morgan fingerprint density at radius 2 is 2.12 bits per heavy atom. The molecule has 0 saturated carbocycles. The Bertz CT molecular complexity index is 730. The molecule has 0 spiro atoms. The number of hydrogen-bond acceptors (Lipinski definition) is 7. The van der Waals surface area contributed by atoms with Gasteiger partial charge in [-0.1, -0.05) is 0 Å². The van der Waals surface area contributed by atoms with Crippen LogP contribution in [-0.4, -0.2) is 56.3 Å². The summed E-state index contributed by atoms with van der Waals surface area (Å²) < 4.78 is 11.5. The molecule has 8 nitrogen and oxygen atoms in total. The molecule has 0 N–H and O–H groups in total. The molecule has 1 amide bonds. The Kier molecular flexibility index (Phi) is 3.76. The second-order valence-corrected chi connectivity index (χ2v) is 6.46. The number of likely N-dealkylation sites (tertiary alicyclic amines) is 1. The first-order chi connectivity index (χ1) is 11.6. The minimum Gasteiger partial charge on any atom is -0.426 e. The van der Waals surface area contributed by atoms with E-state index in [-0.39, 0.29) is 18.1 Å². The van der Waals surface area contributed by atoms with Gasteiger partial charge in [0.2, 0.25) is 11.8 Å². The number of amides is 1. The third-order valence-corrected chi connectivity index (χ3v) is 4.57. The number of carbonyl (C=O) groups excluding carboxylic acids is 1. The van der Waals surface area contributed by atoms with E-state index in [2.05, 4.69) is 20.2 Å². The molecular weight excluding hydrogens is 310 g/mol. The van der Waals surface area contributed by atoms with Gasteiger partial charge in [0.1, 0.15) is 5.69 Å². The minimum absolute atomic E-state index is 0.0707. The topological polar surface area (TPSA) is 94.2 Å². The maximum Gasteiger partial charge on any atom is 0.274 e. The number of aryl methyl sites for hydroxylation is 2. The van der Waals surface area contributed by atoms with Crippen LogP contribution >= 0.6 is 0 Å². The predicted octanol–water partition coefficient (Wildman–Crippen LogP) is 0.949. The van der Waals surface area contributed by atoms with Crippen molar-refractivity contribution in [3.05, 3.63) is 35.6 Å². The van der Waals surface area contributed by atoms with Gasteiger partial charge in [-0.15, -0.1) is 10.2 Å². The van der Waals surface area contributed by atoms with E-state index in [0.717, 1.165) is 12.1 Å². The third-order valence-electron chi connectivity index (χ3n) is 4.57. The van der Waals surface area contributed by atoms with Crippen molar-refractivity contribution in [2.45, 2.75) is 38.9 Å². The highest BCUT2D eigenvalue weighted by Gasteiger charge is 2.44. The van der Waals surface area contributed by atoms with Gasteiger partial charge in [0.15, 0.2) is 0 Å². The molecule has 3 atom stereocenters. The summed E-state index contributed by atoms with van der Waals surface area (Å²) in [6.45, 7) is 4.91. The van der Waals surface area contributed by atoms with E-state index in [1.54, 1.807) is 13.1 Å². The molecule has 0 unspecified atom stereocenters. The number of aromatic nitrogens is 4. The Labute approximate surface area is 139 Å². The van der Waals surface area contributed by atoms with E-state index in [0.29, 0.717) is 42.9 Å². The Balaban J connectivity index is 1.35. The standard InChI is InChI=1S/C16H19N5O3/c1-9-5-18-13(6-17-9)16(22)21-7-11-3-12(24-14(11)8-21)4-15-20-19-10(2)23-15/h5-6,11-12,14H,3-4,7-8H2,1-2H3/t11-,12-,14+/m0/s1. The lowest BCUT2D eigenvalue weighted by molar-refractivity contribution is 0.0334. The van der Waals surface area contributed by atoms with Crippen molar-refractivity contribution in [1.82, 2.24) is 25.1 Å². The van der Waals surface area contributed by atoms with Gasteiger partial charge in [-0.25, -0.2) is 4.98 Å². The summed E-state index contributed by atoms with van der Waals surface area (Å²) in [6.07, 6.45) is 4.83. The van der Waals surface area contributed by atoms with Gasteiger partial charge in [-0.3, -0.25) is 9.78 Å². The maximum atomic E-state index is 12.5. The molecule has 0 radical (unpaired) electrons. The highest BCUT2D eigenvalue weighted by atomic mass is 16.5. The lowest BCUT2D eigenvalue weighted by Crippen LogP contribution is -2.32. The van der Waals surface area contributed by atoms with E-state index in [4.69, 9.17) is 9.15 Å². The zero-order chi connectivity index (χ0) is 16.7. The van der Waals surface area contributed by atoms with Crippen LogP contribution in [0.4, 0.5) is 0 Å². The van der Waals surface area contributed by atoms with Crippen LogP contribution in [0.3, 0.4) is 0 Å². The average Bonchev–Trinajstić information content (AvgIpc) is 3.22. The van der Waals surface area contributed by atoms with Gasteiger partial charge >= 0.3 is 0 Å². The van der Waals surface area contributed by atoms with Crippen molar-refractivity contribution in [2.75, 3.05) is 13.1 Å². The summed E-state index contributed by atoms with van der Waals surface area (Å²) in [6, 6.07) is 0. The van der Waals surface area contributed by atoms with E-state index in [1.807, 2.05) is 11.8 Å². The summed E-state index contributed by atoms with van der Waals surface area (Å²) in [5, 5.41) is 7.85. The number of hydrogen-bond donors (Lipinski definition) is 0. The fourth-order valence-electron chi connectivity index (χ4n) is 3.44. The Morgan fingerprint density at radius 3 is 2.79 bits per heavy atom. The SMILES string of the molecule is Cc1cnc(C(=O)N2C[C@@H]3C[C@@H](Cc4nnc(C)o4)O[C@@H]3C2)cn1. The normalized spacial score (nSPS) is 25.9. The summed E-state index contributed by atoms with van der Waals surface area (Å²) in [5.74, 6) is 1.45. The van der Waals surface area contributed by atoms with Crippen molar-refractivity contribution in [2.24, 2.45) is 5.92 Å². The fraction of sp³-hybridized carbons (Fsp3) is 0.562. The van der Waals surface area contributed by atoms with Crippen LogP contribution < -0.4 is 0 Å². The summed E-state index contributed by atoms with van der Waals surface area (Å²) in [5.41, 5.74) is 1.19. The van der Waals surface area contributed by atoms with Gasteiger partial charge < -0.3 is 14.1 Å². The molecule has 4 rings (SSSR count). The van der Waals surface area contributed by atoms with Crippen molar-refractivity contribution in [3.8, 4) is 0 Å². The van der Waals surface area contributed by atoms with Crippen LogP contribution in [0.1, 0.15) is 34.4 Å². The number of carbonyl (C=O) groups is 1. The van der Waals surface area contributed by atoms with E-state index < -0.39 is 0 Å². The summed E-state index contributed by atoms with van der Waals surface area (Å²) in [7, 11) is 0. The molecule has 0 aromatic carbocycles. The molecule has 0 aliphatic carbocycles. The van der Waals surface area contributed by atoms with Crippen LogP contribution in [0.2, 0.25) is 0 Å². The van der Waals surface area contributed by atoms with Crippen LogP contribution in [0.15, 0.2) is 16.8 Å². The zero-order valence-corrected chi connectivity index (χ0v) is 13.7. The molecule has 8 heteroatoms. The van der Waals surface area contributed by atoms with E-state index >= 15 is 0 Å².